The minimum atomic E-state index is -0.721. The molecule has 0 unspecified atom stereocenters. The lowest BCUT2D eigenvalue weighted by atomic mass is 9.83. The molecule has 1 heterocycles. The Bertz CT molecular complexity index is 898. The van der Waals surface area contributed by atoms with Gasteiger partial charge in [-0.15, -0.1) is 0 Å². The van der Waals surface area contributed by atoms with Gasteiger partial charge in [0.05, 0.1) is 12.0 Å². The van der Waals surface area contributed by atoms with E-state index in [1.54, 1.807) is 0 Å². The van der Waals surface area contributed by atoms with E-state index in [-0.39, 0.29) is 5.91 Å². The number of aromatic nitrogens is 1. The average molecular weight is 357 g/mol. The fourth-order valence-electron chi connectivity index (χ4n) is 2.82. The van der Waals surface area contributed by atoms with Crippen LogP contribution in [0.25, 0.3) is 10.9 Å². The molecule has 1 amide bonds. The molecule has 4 nitrogen and oxygen atoms in total. The number of anilines is 1. The summed E-state index contributed by atoms with van der Waals surface area (Å²) in [5.41, 5.74) is 1.89. The third kappa shape index (κ3) is 3.49. The fourth-order valence-corrected chi connectivity index (χ4v) is 2.99. The number of aromatic amines is 1. The number of H-pyrrole nitrogens is 1. The van der Waals surface area contributed by atoms with Crippen molar-refractivity contribution in [2.75, 3.05) is 11.9 Å². The summed E-state index contributed by atoms with van der Waals surface area (Å²) in [5, 5.41) is 4.58. The summed E-state index contributed by atoms with van der Waals surface area (Å²) in [6.07, 6.45) is 1.87. The standard InChI is InChI=1S/C20H21ClN2O2/c1-4-25-15-8-6-14(7-9-15)23-19(24)20(2,3)17-12-22-18-10-5-13(21)11-16(17)18/h5-12,22H,4H2,1-3H3,(H,23,24). The number of fused-ring (bicyclic) bond motifs is 1. The topological polar surface area (TPSA) is 54.1 Å². The normalized spacial score (nSPS) is 11.5. The summed E-state index contributed by atoms with van der Waals surface area (Å²) in [6.45, 7) is 6.36. The van der Waals surface area contributed by atoms with Crippen molar-refractivity contribution in [3.8, 4) is 5.75 Å². The Balaban J connectivity index is 1.85. The molecule has 0 aliphatic rings. The highest BCUT2D eigenvalue weighted by molar-refractivity contribution is 6.31. The van der Waals surface area contributed by atoms with E-state index in [0.717, 1.165) is 27.9 Å². The first-order valence-electron chi connectivity index (χ1n) is 8.23. The third-order valence-corrected chi connectivity index (χ3v) is 4.54. The van der Waals surface area contributed by atoms with Crippen LogP contribution < -0.4 is 10.1 Å². The molecule has 130 valence electrons. The van der Waals surface area contributed by atoms with E-state index in [1.165, 1.54) is 0 Å². The number of carbonyl (C=O) groups excluding carboxylic acids is 1. The number of benzene rings is 2. The van der Waals surface area contributed by atoms with Crippen LogP contribution in [0.2, 0.25) is 5.02 Å². The Labute approximate surface area is 152 Å². The summed E-state index contributed by atoms with van der Waals surface area (Å²) < 4.78 is 5.42. The maximum atomic E-state index is 12.9. The Hall–Kier alpha value is -2.46. The summed E-state index contributed by atoms with van der Waals surface area (Å²) >= 11 is 6.12. The minimum absolute atomic E-state index is 0.0856. The van der Waals surface area contributed by atoms with E-state index in [4.69, 9.17) is 16.3 Å². The number of carbonyl (C=O) groups is 1. The van der Waals surface area contributed by atoms with Gasteiger partial charge in [-0.3, -0.25) is 4.79 Å². The zero-order chi connectivity index (χ0) is 18.0. The van der Waals surface area contributed by atoms with Crippen molar-refractivity contribution in [2.45, 2.75) is 26.2 Å². The third-order valence-electron chi connectivity index (χ3n) is 4.31. The second-order valence-corrected chi connectivity index (χ2v) is 6.87. The number of hydrogen-bond acceptors (Lipinski definition) is 2. The van der Waals surface area contributed by atoms with Crippen LogP contribution in [0, 0.1) is 0 Å². The zero-order valence-electron chi connectivity index (χ0n) is 14.5. The maximum Gasteiger partial charge on any atom is 0.234 e. The van der Waals surface area contributed by atoms with Gasteiger partial charge in [0, 0.05) is 27.8 Å². The van der Waals surface area contributed by atoms with Crippen molar-refractivity contribution in [3.63, 3.8) is 0 Å². The number of amides is 1. The Morgan fingerprint density at radius 3 is 2.60 bits per heavy atom. The monoisotopic (exact) mass is 356 g/mol. The van der Waals surface area contributed by atoms with Gasteiger partial charge in [0.25, 0.3) is 0 Å². The van der Waals surface area contributed by atoms with Gasteiger partial charge in [-0.05, 0) is 68.8 Å². The molecular weight excluding hydrogens is 336 g/mol. The first kappa shape index (κ1) is 17.4. The predicted molar refractivity (Wildman–Crippen MR) is 103 cm³/mol. The van der Waals surface area contributed by atoms with E-state index >= 15 is 0 Å². The maximum absolute atomic E-state index is 12.9. The van der Waals surface area contributed by atoms with Gasteiger partial charge in [0.15, 0.2) is 0 Å². The van der Waals surface area contributed by atoms with Crippen LogP contribution >= 0.6 is 11.6 Å². The summed E-state index contributed by atoms with van der Waals surface area (Å²) in [4.78, 5) is 16.1. The van der Waals surface area contributed by atoms with E-state index < -0.39 is 5.41 Å². The highest BCUT2D eigenvalue weighted by atomic mass is 35.5. The van der Waals surface area contributed by atoms with Gasteiger partial charge < -0.3 is 15.0 Å². The molecule has 0 saturated carbocycles. The van der Waals surface area contributed by atoms with Crippen LogP contribution in [0.3, 0.4) is 0 Å². The molecule has 0 aliphatic heterocycles. The molecule has 0 aliphatic carbocycles. The van der Waals surface area contributed by atoms with Crippen LogP contribution in [-0.4, -0.2) is 17.5 Å². The lowest BCUT2D eigenvalue weighted by molar-refractivity contribution is -0.120. The van der Waals surface area contributed by atoms with Crippen molar-refractivity contribution >= 4 is 34.1 Å². The number of nitrogens with one attached hydrogen (secondary N) is 2. The van der Waals surface area contributed by atoms with Gasteiger partial charge in [-0.2, -0.15) is 0 Å². The van der Waals surface area contributed by atoms with Crippen LogP contribution in [0.5, 0.6) is 5.75 Å². The van der Waals surface area contributed by atoms with Gasteiger partial charge >= 0.3 is 0 Å². The van der Waals surface area contributed by atoms with Crippen molar-refractivity contribution in [3.05, 3.63) is 59.2 Å². The largest absolute Gasteiger partial charge is 0.494 e. The van der Waals surface area contributed by atoms with Crippen molar-refractivity contribution < 1.29 is 9.53 Å². The number of ether oxygens (including phenoxy) is 1. The van der Waals surface area contributed by atoms with E-state index in [1.807, 2.05) is 69.4 Å². The summed E-state index contributed by atoms with van der Waals surface area (Å²) in [5.74, 6) is 0.698. The van der Waals surface area contributed by atoms with Crippen molar-refractivity contribution in [2.24, 2.45) is 0 Å². The molecule has 5 heteroatoms. The molecule has 0 radical (unpaired) electrons. The number of hydrogen-bond donors (Lipinski definition) is 2. The quantitative estimate of drug-likeness (QED) is 0.665. The molecule has 25 heavy (non-hydrogen) atoms. The van der Waals surface area contributed by atoms with E-state index in [0.29, 0.717) is 11.6 Å². The molecule has 1 aromatic heterocycles. The summed E-state index contributed by atoms with van der Waals surface area (Å²) in [7, 11) is 0. The Kier molecular flexibility index (Phi) is 4.73. The Morgan fingerprint density at radius 1 is 1.20 bits per heavy atom. The van der Waals surface area contributed by atoms with E-state index in [2.05, 4.69) is 10.3 Å². The zero-order valence-corrected chi connectivity index (χ0v) is 15.3. The molecule has 2 N–H and O–H groups in total. The van der Waals surface area contributed by atoms with E-state index in [9.17, 15) is 4.79 Å². The van der Waals surface area contributed by atoms with Crippen molar-refractivity contribution in [1.29, 1.82) is 0 Å². The first-order valence-corrected chi connectivity index (χ1v) is 8.61. The molecule has 3 rings (SSSR count). The molecule has 3 aromatic rings. The van der Waals surface area contributed by atoms with Crippen molar-refractivity contribution in [1.82, 2.24) is 4.98 Å². The highest BCUT2D eigenvalue weighted by Gasteiger charge is 2.32. The van der Waals surface area contributed by atoms with Crippen LogP contribution in [-0.2, 0) is 10.2 Å². The lowest BCUT2D eigenvalue weighted by Gasteiger charge is -2.23. The smallest absolute Gasteiger partial charge is 0.234 e. The predicted octanol–water partition coefficient (Wildman–Crippen LogP) is 5.14. The van der Waals surface area contributed by atoms with Gasteiger partial charge in [0.2, 0.25) is 5.91 Å². The van der Waals surface area contributed by atoms with Gasteiger partial charge in [0.1, 0.15) is 5.75 Å². The van der Waals surface area contributed by atoms with Gasteiger partial charge in [-0.25, -0.2) is 0 Å². The average Bonchev–Trinajstić information content (AvgIpc) is 3.00. The molecule has 0 atom stereocenters. The van der Waals surface area contributed by atoms with Gasteiger partial charge in [-0.1, -0.05) is 11.6 Å². The minimum Gasteiger partial charge on any atom is -0.494 e. The second-order valence-electron chi connectivity index (χ2n) is 6.43. The molecule has 0 bridgehead atoms. The number of rotatable bonds is 5. The SMILES string of the molecule is CCOc1ccc(NC(=O)C(C)(C)c2c[nH]c3ccc(Cl)cc23)cc1. The second kappa shape index (κ2) is 6.81. The van der Waals surface area contributed by atoms with Crippen LogP contribution in [0.1, 0.15) is 26.3 Å². The first-order chi connectivity index (χ1) is 11.9. The molecule has 0 saturated heterocycles. The fraction of sp³-hybridized carbons (Fsp3) is 0.250. The molecule has 0 spiro atoms. The molecule has 2 aromatic carbocycles. The Morgan fingerprint density at radius 2 is 1.92 bits per heavy atom. The lowest BCUT2D eigenvalue weighted by Crippen LogP contribution is -2.34. The summed E-state index contributed by atoms with van der Waals surface area (Å²) in [6, 6.07) is 13.0. The molecule has 0 fully saturated rings. The number of halogens is 1. The van der Waals surface area contributed by atoms with Crippen LogP contribution in [0.4, 0.5) is 5.69 Å². The highest BCUT2D eigenvalue weighted by Crippen LogP contribution is 2.33. The molecular formula is C20H21ClN2O2. The van der Waals surface area contributed by atoms with Crippen LogP contribution in [0.15, 0.2) is 48.7 Å².